The Labute approximate surface area is 119 Å². The number of carbonyl (C=O) groups excluding carboxylic acids is 3. The average Bonchev–Trinajstić information content (AvgIpc) is 2.26. The highest BCUT2D eigenvalue weighted by Crippen LogP contribution is 2.08. The molecule has 7 heteroatoms. The average molecular weight is 288 g/mol. The third-order valence-corrected chi connectivity index (χ3v) is 2.02. The molecule has 0 aliphatic rings. The second-order valence-corrected chi connectivity index (χ2v) is 5.28. The summed E-state index contributed by atoms with van der Waals surface area (Å²) in [7, 11) is 1.48. The van der Waals surface area contributed by atoms with Gasteiger partial charge in [0.1, 0.15) is 5.60 Å². The maximum atomic E-state index is 11.6. The first kappa shape index (κ1) is 18.4. The molecule has 0 rings (SSSR count). The highest BCUT2D eigenvalue weighted by molar-refractivity contribution is 5.86. The van der Waals surface area contributed by atoms with Crippen LogP contribution in [0.2, 0.25) is 0 Å². The summed E-state index contributed by atoms with van der Waals surface area (Å²) in [6, 6.07) is 0. The van der Waals surface area contributed by atoms with Crippen molar-refractivity contribution in [2.75, 3.05) is 33.3 Å². The molecule has 0 saturated carbocycles. The number of ether oxygens (including phenoxy) is 2. The van der Waals surface area contributed by atoms with E-state index in [2.05, 4.69) is 5.32 Å². The molecule has 20 heavy (non-hydrogen) atoms. The zero-order valence-electron chi connectivity index (χ0n) is 12.8. The summed E-state index contributed by atoms with van der Waals surface area (Å²) < 4.78 is 9.82. The highest BCUT2D eigenvalue weighted by Gasteiger charge is 2.20. The van der Waals surface area contributed by atoms with Crippen molar-refractivity contribution in [3.05, 3.63) is 0 Å². The molecule has 0 radical (unpaired) electrons. The smallest absolute Gasteiger partial charge is 0.410 e. The van der Waals surface area contributed by atoms with Gasteiger partial charge in [0.05, 0.1) is 26.2 Å². The van der Waals surface area contributed by atoms with E-state index in [-0.39, 0.29) is 25.4 Å². The van der Waals surface area contributed by atoms with Crippen LogP contribution >= 0.6 is 0 Å². The minimum atomic E-state index is -0.601. The molecule has 0 aromatic carbocycles. The van der Waals surface area contributed by atoms with Gasteiger partial charge in [-0.1, -0.05) is 0 Å². The number of Topliss-reactive ketones (excluding diaryl/α,β-unsaturated/α-hetero) is 1. The predicted octanol–water partition coefficient (Wildman–Crippen LogP) is 0.575. The highest BCUT2D eigenvalue weighted by atomic mass is 16.6. The van der Waals surface area contributed by atoms with E-state index in [9.17, 15) is 14.4 Å². The lowest BCUT2D eigenvalue weighted by Crippen LogP contribution is -2.40. The van der Waals surface area contributed by atoms with Gasteiger partial charge in [-0.05, 0) is 27.7 Å². The lowest BCUT2D eigenvalue weighted by molar-refractivity contribution is -0.142. The van der Waals surface area contributed by atoms with E-state index in [0.717, 1.165) is 0 Å². The number of hydrogen-bond donors (Lipinski definition) is 1. The van der Waals surface area contributed by atoms with Crippen LogP contribution in [0.25, 0.3) is 0 Å². The Morgan fingerprint density at radius 2 is 1.75 bits per heavy atom. The van der Waals surface area contributed by atoms with Gasteiger partial charge in [-0.2, -0.15) is 0 Å². The summed E-state index contributed by atoms with van der Waals surface area (Å²) in [5.74, 6) is -0.636. The van der Waals surface area contributed by atoms with Crippen LogP contribution < -0.4 is 5.32 Å². The Morgan fingerprint density at radius 3 is 2.25 bits per heavy atom. The van der Waals surface area contributed by atoms with Crippen LogP contribution in [0.3, 0.4) is 0 Å². The summed E-state index contributed by atoms with van der Waals surface area (Å²) in [6.07, 6.45) is -0.559. The molecule has 0 aromatic rings. The molecule has 0 spiro atoms. The van der Waals surface area contributed by atoms with Crippen molar-refractivity contribution in [1.29, 1.82) is 0 Å². The molecule has 0 heterocycles. The second-order valence-electron chi connectivity index (χ2n) is 5.28. The lowest BCUT2D eigenvalue weighted by Gasteiger charge is -2.24. The Balaban J connectivity index is 3.96. The fourth-order valence-electron chi connectivity index (χ4n) is 1.24. The van der Waals surface area contributed by atoms with Gasteiger partial charge >= 0.3 is 12.1 Å². The molecular formula is C13H24N2O5. The van der Waals surface area contributed by atoms with Crippen LogP contribution in [0, 0.1) is 0 Å². The molecule has 1 N–H and O–H groups in total. The Kier molecular flexibility index (Phi) is 7.83. The Morgan fingerprint density at radius 1 is 1.15 bits per heavy atom. The van der Waals surface area contributed by atoms with Crippen LogP contribution in [-0.4, -0.2) is 61.6 Å². The normalized spacial score (nSPS) is 10.8. The zero-order valence-corrected chi connectivity index (χ0v) is 12.8. The number of amides is 1. The van der Waals surface area contributed by atoms with E-state index in [1.165, 1.54) is 11.9 Å². The van der Waals surface area contributed by atoms with E-state index in [1.807, 2.05) is 0 Å². The topological polar surface area (TPSA) is 84.9 Å². The number of nitrogens with zero attached hydrogens (tertiary/aromatic N) is 1. The van der Waals surface area contributed by atoms with Crippen molar-refractivity contribution in [3.63, 3.8) is 0 Å². The minimum Gasteiger partial charge on any atom is -0.465 e. The first-order valence-electron chi connectivity index (χ1n) is 6.48. The number of carbonyl (C=O) groups is 3. The van der Waals surface area contributed by atoms with Gasteiger partial charge in [-0.3, -0.25) is 14.9 Å². The van der Waals surface area contributed by atoms with E-state index < -0.39 is 17.7 Å². The summed E-state index contributed by atoms with van der Waals surface area (Å²) >= 11 is 0. The number of hydrogen-bond acceptors (Lipinski definition) is 6. The molecule has 0 bridgehead atoms. The Bertz CT molecular complexity index is 349. The monoisotopic (exact) mass is 288 g/mol. The van der Waals surface area contributed by atoms with Crippen LogP contribution in [0.1, 0.15) is 27.7 Å². The van der Waals surface area contributed by atoms with E-state index in [1.54, 1.807) is 27.7 Å². The molecular weight excluding hydrogens is 264 g/mol. The molecule has 116 valence electrons. The van der Waals surface area contributed by atoms with Crippen molar-refractivity contribution < 1.29 is 23.9 Å². The molecule has 0 fully saturated rings. The van der Waals surface area contributed by atoms with Gasteiger partial charge in [0, 0.05) is 7.05 Å². The Hall–Kier alpha value is -1.63. The van der Waals surface area contributed by atoms with Gasteiger partial charge in [-0.15, -0.1) is 0 Å². The summed E-state index contributed by atoms with van der Waals surface area (Å²) in [5, 5.41) is 2.66. The van der Waals surface area contributed by atoms with Gasteiger partial charge in [0.2, 0.25) is 0 Å². The van der Waals surface area contributed by atoms with Crippen molar-refractivity contribution >= 4 is 17.8 Å². The van der Waals surface area contributed by atoms with Crippen LogP contribution in [0.5, 0.6) is 0 Å². The molecule has 0 atom stereocenters. The fraction of sp³-hybridized carbons (Fsp3) is 0.769. The summed E-state index contributed by atoms with van der Waals surface area (Å²) in [5.41, 5.74) is -0.601. The van der Waals surface area contributed by atoms with Crippen molar-refractivity contribution in [3.8, 4) is 0 Å². The second kappa shape index (κ2) is 8.52. The quantitative estimate of drug-likeness (QED) is 0.690. The van der Waals surface area contributed by atoms with Gasteiger partial charge in [0.25, 0.3) is 0 Å². The maximum Gasteiger partial charge on any atom is 0.410 e. The standard InChI is InChI=1S/C13H24N2O5/c1-6-19-11(17)8-14-7-10(16)9-15(5)12(18)20-13(2,3)4/h14H,6-9H2,1-5H3. The first-order chi connectivity index (χ1) is 9.15. The number of likely N-dealkylation sites (N-methyl/N-ethyl adjacent to an activating group) is 1. The third kappa shape index (κ3) is 9.32. The van der Waals surface area contributed by atoms with Crippen molar-refractivity contribution in [1.82, 2.24) is 10.2 Å². The van der Waals surface area contributed by atoms with E-state index in [0.29, 0.717) is 6.61 Å². The number of ketones is 1. The van der Waals surface area contributed by atoms with Crippen LogP contribution in [0.4, 0.5) is 4.79 Å². The molecule has 0 saturated heterocycles. The van der Waals surface area contributed by atoms with Crippen molar-refractivity contribution in [2.45, 2.75) is 33.3 Å². The molecule has 0 aliphatic heterocycles. The third-order valence-electron chi connectivity index (χ3n) is 2.02. The maximum absolute atomic E-state index is 11.6. The van der Waals surface area contributed by atoms with E-state index >= 15 is 0 Å². The largest absolute Gasteiger partial charge is 0.465 e. The molecule has 0 aliphatic carbocycles. The van der Waals surface area contributed by atoms with E-state index in [4.69, 9.17) is 9.47 Å². The molecule has 0 unspecified atom stereocenters. The molecule has 7 nitrogen and oxygen atoms in total. The van der Waals surface area contributed by atoms with Gasteiger partial charge < -0.3 is 14.4 Å². The first-order valence-corrected chi connectivity index (χ1v) is 6.48. The summed E-state index contributed by atoms with van der Waals surface area (Å²) in [4.78, 5) is 35.4. The molecule has 0 aromatic heterocycles. The van der Waals surface area contributed by atoms with Crippen LogP contribution in [0.15, 0.2) is 0 Å². The summed E-state index contributed by atoms with van der Waals surface area (Å²) in [6.45, 7) is 7.14. The van der Waals surface area contributed by atoms with Crippen molar-refractivity contribution in [2.24, 2.45) is 0 Å². The predicted molar refractivity (Wildman–Crippen MR) is 73.4 cm³/mol. The minimum absolute atomic E-state index is 0.00798. The number of nitrogens with one attached hydrogen (secondary N) is 1. The SMILES string of the molecule is CCOC(=O)CNCC(=O)CN(C)C(=O)OC(C)(C)C. The number of esters is 1. The lowest BCUT2D eigenvalue weighted by atomic mass is 10.2. The molecule has 1 amide bonds. The fourth-order valence-corrected chi connectivity index (χ4v) is 1.24. The van der Waals surface area contributed by atoms with Gasteiger partial charge in [-0.25, -0.2) is 4.79 Å². The zero-order chi connectivity index (χ0) is 15.8. The van der Waals surface area contributed by atoms with Crippen LogP contribution in [-0.2, 0) is 19.1 Å². The number of rotatable bonds is 7. The van der Waals surface area contributed by atoms with Gasteiger partial charge in [0.15, 0.2) is 5.78 Å².